The van der Waals surface area contributed by atoms with Gasteiger partial charge in [0.1, 0.15) is 0 Å². The largest absolute Gasteiger partial charge is 0.379 e. The van der Waals surface area contributed by atoms with Crippen molar-refractivity contribution in [3.8, 4) is 11.3 Å². The Kier molecular flexibility index (Phi) is 7.40. The summed E-state index contributed by atoms with van der Waals surface area (Å²) in [7, 11) is 0. The minimum Gasteiger partial charge on any atom is -0.379 e. The number of nitrogens with zero attached hydrogens (tertiary/aromatic N) is 3. The first-order chi connectivity index (χ1) is 16.3. The maximum Gasteiger partial charge on any atom is 0.190 e. The van der Waals surface area contributed by atoms with Crippen LogP contribution in [0.3, 0.4) is 0 Å². The van der Waals surface area contributed by atoms with Crippen molar-refractivity contribution in [3.05, 3.63) is 69.8 Å². The first kappa shape index (κ1) is 22.6. The number of hydrogen-bond acceptors (Lipinski definition) is 4. The molecule has 1 aromatic heterocycles. The highest BCUT2D eigenvalue weighted by atomic mass is 32.1. The summed E-state index contributed by atoms with van der Waals surface area (Å²) < 4.78 is 7.96. The lowest BCUT2D eigenvalue weighted by molar-refractivity contribution is 0.0363. The second-order valence-corrected chi connectivity index (χ2v) is 10.2. The van der Waals surface area contributed by atoms with E-state index in [1.165, 1.54) is 54.5 Å². The number of aryl methyl sites for hydroxylation is 1. The van der Waals surface area contributed by atoms with E-state index in [0.29, 0.717) is 0 Å². The van der Waals surface area contributed by atoms with Gasteiger partial charge in [-0.2, -0.15) is 0 Å². The molecule has 2 aromatic carbocycles. The number of ether oxygens (including phenoxy) is 1. The van der Waals surface area contributed by atoms with Gasteiger partial charge in [-0.05, 0) is 48.4 Å². The fourth-order valence-electron chi connectivity index (χ4n) is 5.09. The van der Waals surface area contributed by atoms with Gasteiger partial charge in [0, 0.05) is 31.6 Å². The van der Waals surface area contributed by atoms with Crippen LogP contribution in [0.5, 0.6) is 0 Å². The van der Waals surface area contributed by atoms with Gasteiger partial charge in [0.05, 0.1) is 24.6 Å². The summed E-state index contributed by atoms with van der Waals surface area (Å²) >= 11 is 1.75. The van der Waals surface area contributed by atoms with Gasteiger partial charge in [0.25, 0.3) is 0 Å². The molecular formula is C28H35N3OS. The van der Waals surface area contributed by atoms with E-state index in [1.807, 2.05) is 0 Å². The molecule has 0 unspecified atom stereocenters. The van der Waals surface area contributed by atoms with E-state index in [1.54, 1.807) is 11.3 Å². The molecule has 5 heteroatoms. The molecule has 0 N–H and O–H groups in total. The number of morpholine rings is 1. The van der Waals surface area contributed by atoms with Crippen LogP contribution >= 0.6 is 11.3 Å². The summed E-state index contributed by atoms with van der Waals surface area (Å²) in [6, 6.07) is 17.8. The Morgan fingerprint density at radius 1 is 0.939 bits per heavy atom. The number of para-hydroxylation sites is 1. The van der Waals surface area contributed by atoms with Crippen LogP contribution in [-0.4, -0.2) is 42.3 Å². The predicted octanol–water partition coefficient (Wildman–Crippen LogP) is 6.14. The molecule has 0 amide bonds. The monoisotopic (exact) mass is 461 g/mol. The lowest BCUT2D eigenvalue weighted by atomic mass is 9.84. The number of rotatable bonds is 6. The first-order valence-electron chi connectivity index (χ1n) is 12.5. The third kappa shape index (κ3) is 5.48. The van der Waals surface area contributed by atoms with Crippen molar-refractivity contribution in [2.75, 3.05) is 32.8 Å². The van der Waals surface area contributed by atoms with E-state index in [9.17, 15) is 0 Å². The molecule has 0 atom stereocenters. The summed E-state index contributed by atoms with van der Waals surface area (Å²) in [6.45, 7) is 7.80. The Labute approximate surface area is 201 Å². The van der Waals surface area contributed by atoms with E-state index < -0.39 is 0 Å². The van der Waals surface area contributed by atoms with Gasteiger partial charge in [-0.25, -0.2) is 4.99 Å². The van der Waals surface area contributed by atoms with Crippen molar-refractivity contribution in [2.24, 2.45) is 4.99 Å². The second-order valence-electron chi connectivity index (χ2n) is 9.36. The summed E-state index contributed by atoms with van der Waals surface area (Å²) in [4.78, 5) is 8.65. The summed E-state index contributed by atoms with van der Waals surface area (Å²) in [5.41, 5.74) is 6.34. The average molecular weight is 462 g/mol. The standard InChI is InChI=1S/C28H35N3OS/c1-22-7-5-6-10-26(22)29-28-31(16-15-30-17-19-32-20-18-30)27(21-33-28)25-13-11-24(12-14-25)23-8-3-2-4-9-23/h5-7,10-14,21,23H,2-4,8-9,15-20H2,1H3. The molecule has 4 nitrogen and oxygen atoms in total. The van der Waals surface area contributed by atoms with E-state index in [2.05, 4.69) is 70.3 Å². The molecule has 1 saturated carbocycles. The normalized spacial score (nSPS) is 18.6. The van der Waals surface area contributed by atoms with Gasteiger partial charge in [0.15, 0.2) is 4.80 Å². The summed E-state index contributed by atoms with van der Waals surface area (Å²) in [6.07, 6.45) is 6.85. The lowest BCUT2D eigenvalue weighted by Gasteiger charge is -2.27. The minimum atomic E-state index is 0.746. The Morgan fingerprint density at radius 2 is 1.70 bits per heavy atom. The quantitative estimate of drug-likeness (QED) is 0.441. The highest BCUT2D eigenvalue weighted by Crippen LogP contribution is 2.33. The van der Waals surface area contributed by atoms with Crippen LogP contribution in [0, 0.1) is 6.92 Å². The average Bonchev–Trinajstić information content (AvgIpc) is 3.28. The zero-order valence-corrected chi connectivity index (χ0v) is 20.5. The molecule has 1 saturated heterocycles. The molecule has 0 bridgehead atoms. The SMILES string of the molecule is Cc1ccccc1N=c1scc(-c2ccc(C3CCCCC3)cc2)n1CCN1CCOCC1. The maximum absolute atomic E-state index is 5.54. The number of aromatic nitrogens is 1. The lowest BCUT2D eigenvalue weighted by Crippen LogP contribution is -2.39. The molecule has 5 rings (SSSR count). The molecule has 3 aromatic rings. The van der Waals surface area contributed by atoms with Crippen molar-refractivity contribution < 1.29 is 4.74 Å². The second kappa shape index (κ2) is 10.8. The Morgan fingerprint density at radius 3 is 2.45 bits per heavy atom. The molecule has 33 heavy (non-hydrogen) atoms. The van der Waals surface area contributed by atoms with Gasteiger partial charge in [0.2, 0.25) is 0 Å². The smallest absolute Gasteiger partial charge is 0.190 e. The first-order valence-corrected chi connectivity index (χ1v) is 13.3. The van der Waals surface area contributed by atoms with Gasteiger partial charge >= 0.3 is 0 Å². The number of benzene rings is 2. The molecule has 2 fully saturated rings. The Balaban J connectivity index is 1.45. The summed E-state index contributed by atoms with van der Waals surface area (Å²) in [5, 5.41) is 2.28. The highest BCUT2D eigenvalue weighted by Gasteiger charge is 2.17. The highest BCUT2D eigenvalue weighted by molar-refractivity contribution is 7.07. The van der Waals surface area contributed by atoms with Crippen LogP contribution < -0.4 is 4.80 Å². The van der Waals surface area contributed by atoms with Crippen LogP contribution in [0.2, 0.25) is 0 Å². The molecule has 174 valence electrons. The van der Waals surface area contributed by atoms with Crippen LogP contribution in [0.4, 0.5) is 5.69 Å². The third-order valence-corrected chi connectivity index (χ3v) is 8.02. The minimum absolute atomic E-state index is 0.746. The van der Waals surface area contributed by atoms with E-state index in [4.69, 9.17) is 9.73 Å². The number of thiazole rings is 1. The van der Waals surface area contributed by atoms with Crippen molar-refractivity contribution >= 4 is 17.0 Å². The van der Waals surface area contributed by atoms with Crippen molar-refractivity contribution in [3.63, 3.8) is 0 Å². The van der Waals surface area contributed by atoms with Gasteiger partial charge in [-0.15, -0.1) is 11.3 Å². The molecule has 2 heterocycles. The van der Waals surface area contributed by atoms with Gasteiger partial charge in [-0.1, -0.05) is 61.7 Å². The Hall–Kier alpha value is -2.21. The maximum atomic E-state index is 5.54. The molecule has 2 aliphatic rings. The third-order valence-electron chi connectivity index (χ3n) is 7.16. The summed E-state index contributed by atoms with van der Waals surface area (Å²) in [5.74, 6) is 0.746. The number of hydrogen-bond donors (Lipinski definition) is 0. The molecule has 0 spiro atoms. The topological polar surface area (TPSA) is 29.8 Å². The molecular weight excluding hydrogens is 426 g/mol. The van der Waals surface area contributed by atoms with Crippen molar-refractivity contribution in [1.29, 1.82) is 0 Å². The fraction of sp³-hybridized carbons (Fsp3) is 0.464. The van der Waals surface area contributed by atoms with Gasteiger partial charge in [-0.3, -0.25) is 4.90 Å². The Bertz CT molecular complexity index is 1100. The van der Waals surface area contributed by atoms with E-state index in [-0.39, 0.29) is 0 Å². The van der Waals surface area contributed by atoms with Crippen LogP contribution in [0.25, 0.3) is 11.3 Å². The van der Waals surface area contributed by atoms with Crippen molar-refractivity contribution in [2.45, 2.75) is 51.5 Å². The molecule has 1 aliphatic heterocycles. The zero-order valence-electron chi connectivity index (χ0n) is 19.7. The van der Waals surface area contributed by atoms with E-state index in [0.717, 1.165) is 55.8 Å². The van der Waals surface area contributed by atoms with Crippen LogP contribution in [0.15, 0.2) is 58.9 Å². The predicted molar refractivity (Wildman–Crippen MR) is 137 cm³/mol. The van der Waals surface area contributed by atoms with Crippen LogP contribution in [0.1, 0.15) is 49.1 Å². The molecule has 1 aliphatic carbocycles. The molecule has 0 radical (unpaired) electrons. The van der Waals surface area contributed by atoms with Gasteiger partial charge < -0.3 is 9.30 Å². The van der Waals surface area contributed by atoms with Crippen LogP contribution in [-0.2, 0) is 11.3 Å². The fourth-order valence-corrected chi connectivity index (χ4v) is 6.03. The van der Waals surface area contributed by atoms with E-state index >= 15 is 0 Å². The zero-order chi connectivity index (χ0) is 22.5. The van der Waals surface area contributed by atoms with Crippen molar-refractivity contribution in [1.82, 2.24) is 9.47 Å².